The van der Waals surface area contributed by atoms with Crippen LogP contribution in [0.3, 0.4) is 0 Å². The molecule has 1 aromatic heterocycles. The molecule has 1 heterocycles. The maximum Gasteiger partial charge on any atom is 0.213 e. The van der Waals surface area contributed by atoms with Gasteiger partial charge >= 0.3 is 0 Å². The maximum absolute atomic E-state index is 6.24. The molecule has 0 aliphatic rings. The molecular formula is C18H22Cl2N2O2. The predicted octanol–water partition coefficient (Wildman–Crippen LogP) is 4.73. The fourth-order valence-electron chi connectivity index (χ4n) is 2.14. The Bertz CT molecular complexity index is 636. The number of nitrogens with one attached hydrogen (secondary N) is 1. The van der Waals surface area contributed by atoms with Crippen LogP contribution in [-0.4, -0.2) is 24.2 Å². The zero-order valence-corrected chi connectivity index (χ0v) is 15.4. The quantitative estimate of drug-likeness (QED) is 0.649. The molecule has 0 saturated carbocycles. The average molecular weight is 369 g/mol. The van der Waals surface area contributed by atoms with Crippen LogP contribution in [0.25, 0.3) is 0 Å². The van der Waals surface area contributed by atoms with Crippen LogP contribution in [0.4, 0.5) is 0 Å². The van der Waals surface area contributed by atoms with Gasteiger partial charge in [-0.25, -0.2) is 4.98 Å². The van der Waals surface area contributed by atoms with Crippen LogP contribution in [0, 0.1) is 0 Å². The summed E-state index contributed by atoms with van der Waals surface area (Å²) in [6, 6.07) is 9.19. The molecule has 1 aromatic carbocycles. The number of benzene rings is 1. The van der Waals surface area contributed by atoms with Gasteiger partial charge in [-0.1, -0.05) is 29.3 Å². The van der Waals surface area contributed by atoms with Gasteiger partial charge in [0.25, 0.3) is 0 Å². The van der Waals surface area contributed by atoms with Gasteiger partial charge in [0.2, 0.25) is 5.88 Å². The predicted molar refractivity (Wildman–Crippen MR) is 98.3 cm³/mol. The Labute approximate surface area is 153 Å². The normalized spacial score (nSPS) is 10.9. The number of nitrogens with zero attached hydrogens (tertiary/aromatic N) is 1. The van der Waals surface area contributed by atoms with Crippen LogP contribution in [0.15, 0.2) is 36.5 Å². The van der Waals surface area contributed by atoms with Crippen LogP contribution < -0.4 is 14.8 Å². The molecule has 0 bridgehead atoms. The minimum Gasteiger partial charge on any atom is -0.489 e. The third-order valence-electron chi connectivity index (χ3n) is 3.14. The molecule has 0 atom stereocenters. The maximum atomic E-state index is 6.24. The van der Waals surface area contributed by atoms with Crippen molar-refractivity contribution in [1.29, 1.82) is 0 Å². The highest BCUT2D eigenvalue weighted by Crippen LogP contribution is 2.33. The van der Waals surface area contributed by atoms with E-state index in [1.54, 1.807) is 12.3 Å². The SMILES string of the molecule is CC(C)Oc1c(Cl)cc(Cl)cc1CNCCCOc1ccccn1. The highest BCUT2D eigenvalue weighted by molar-refractivity contribution is 6.35. The van der Waals surface area contributed by atoms with Gasteiger partial charge < -0.3 is 14.8 Å². The third-order valence-corrected chi connectivity index (χ3v) is 3.64. The Balaban J connectivity index is 1.79. The van der Waals surface area contributed by atoms with E-state index in [-0.39, 0.29) is 6.10 Å². The fourth-order valence-corrected chi connectivity index (χ4v) is 2.72. The highest BCUT2D eigenvalue weighted by Gasteiger charge is 2.12. The first-order valence-electron chi connectivity index (χ1n) is 7.95. The van der Waals surface area contributed by atoms with Gasteiger partial charge in [-0.3, -0.25) is 0 Å². The molecule has 0 radical (unpaired) electrons. The van der Waals surface area contributed by atoms with Gasteiger partial charge in [-0.15, -0.1) is 0 Å². The van der Waals surface area contributed by atoms with E-state index >= 15 is 0 Å². The molecule has 0 spiro atoms. The highest BCUT2D eigenvalue weighted by atomic mass is 35.5. The number of rotatable bonds is 9. The van der Waals surface area contributed by atoms with E-state index in [0.29, 0.717) is 34.8 Å². The van der Waals surface area contributed by atoms with Crippen molar-refractivity contribution < 1.29 is 9.47 Å². The lowest BCUT2D eigenvalue weighted by Gasteiger charge is -2.17. The largest absolute Gasteiger partial charge is 0.489 e. The Kier molecular flexibility index (Phi) is 7.63. The molecular weight excluding hydrogens is 347 g/mol. The molecule has 0 unspecified atom stereocenters. The van der Waals surface area contributed by atoms with Gasteiger partial charge in [0.05, 0.1) is 17.7 Å². The van der Waals surface area contributed by atoms with Crippen molar-refractivity contribution in [1.82, 2.24) is 10.3 Å². The van der Waals surface area contributed by atoms with Crippen molar-refractivity contribution in [3.63, 3.8) is 0 Å². The Morgan fingerprint density at radius 1 is 1.21 bits per heavy atom. The summed E-state index contributed by atoms with van der Waals surface area (Å²) >= 11 is 12.3. The van der Waals surface area contributed by atoms with Crippen molar-refractivity contribution in [2.24, 2.45) is 0 Å². The van der Waals surface area contributed by atoms with Crippen LogP contribution in [0.5, 0.6) is 11.6 Å². The minimum atomic E-state index is 0.0502. The molecule has 130 valence electrons. The first-order valence-corrected chi connectivity index (χ1v) is 8.71. The van der Waals surface area contributed by atoms with E-state index in [1.807, 2.05) is 38.1 Å². The number of aromatic nitrogens is 1. The van der Waals surface area contributed by atoms with Crippen LogP contribution in [0.2, 0.25) is 10.0 Å². The standard InChI is InChI=1S/C18H22Cl2N2O2/c1-13(2)24-18-14(10-15(19)11-16(18)20)12-21-7-5-9-23-17-6-3-4-8-22-17/h3-4,6,8,10-11,13,21H,5,7,9,12H2,1-2H3. The van der Waals surface area contributed by atoms with Crippen LogP contribution >= 0.6 is 23.2 Å². The number of pyridine rings is 1. The molecule has 2 aromatic rings. The number of hydrogen-bond acceptors (Lipinski definition) is 4. The summed E-state index contributed by atoms with van der Waals surface area (Å²) in [4.78, 5) is 4.11. The topological polar surface area (TPSA) is 43.4 Å². The lowest BCUT2D eigenvalue weighted by Crippen LogP contribution is -2.18. The summed E-state index contributed by atoms with van der Waals surface area (Å²) in [6.45, 7) is 5.98. The molecule has 2 rings (SSSR count). The average Bonchev–Trinajstić information content (AvgIpc) is 2.54. The summed E-state index contributed by atoms with van der Waals surface area (Å²) < 4.78 is 11.4. The first-order chi connectivity index (χ1) is 11.6. The second kappa shape index (κ2) is 9.72. The molecule has 24 heavy (non-hydrogen) atoms. The molecule has 4 nitrogen and oxygen atoms in total. The van der Waals surface area contributed by atoms with Gasteiger partial charge in [0.1, 0.15) is 5.75 Å². The van der Waals surface area contributed by atoms with E-state index < -0.39 is 0 Å². The van der Waals surface area contributed by atoms with E-state index in [4.69, 9.17) is 32.7 Å². The van der Waals surface area contributed by atoms with E-state index in [0.717, 1.165) is 18.5 Å². The molecule has 0 saturated heterocycles. The zero-order valence-electron chi connectivity index (χ0n) is 13.9. The fraction of sp³-hybridized carbons (Fsp3) is 0.389. The van der Waals surface area contributed by atoms with E-state index in [9.17, 15) is 0 Å². The Morgan fingerprint density at radius 2 is 2.04 bits per heavy atom. The molecule has 0 fully saturated rings. The van der Waals surface area contributed by atoms with Crippen molar-refractivity contribution in [2.75, 3.05) is 13.2 Å². The minimum absolute atomic E-state index is 0.0502. The summed E-state index contributed by atoms with van der Waals surface area (Å²) in [5, 5.41) is 4.50. The second-order valence-electron chi connectivity index (χ2n) is 5.59. The van der Waals surface area contributed by atoms with Crippen molar-refractivity contribution in [2.45, 2.75) is 32.9 Å². The molecule has 0 amide bonds. The van der Waals surface area contributed by atoms with Gasteiger partial charge in [0.15, 0.2) is 0 Å². The zero-order chi connectivity index (χ0) is 17.4. The summed E-state index contributed by atoms with van der Waals surface area (Å²) in [5.41, 5.74) is 0.951. The second-order valence-corrected chi connectivity index (χ2v) is 6.43. The monoisotopic (exact) mass is 368 g/mol. The summed E-state index contributed by atoms with van der Waals surface area (Å²) in [7, 11) is 0. The van der Waals surface area contributed by atoms with Gasteiger partial charge in [-0.05, 0) is 45.0 Å². The Hall–Kier alpha value is -1.49. The van der Waals surface area contributed by atoms with Gasteiger partial charge in [-0.2, -0.15) is 0 Å². The van der Waals surface area contributed by atoms with Crippen molar-refractivity contribution >= 4 is 23.2 Å². The molecule has 6 heteroatoms. The van der Waals surface area contributed by atoms with E-state index in [1.165, 1.54) is 0 Å². The summed E-state index contributed by atoms with van der Waals surface area (Å²) in [5.74, 6) is 1.33. The lowest BCUT2D eigenvalue weighted by atomic mass is 10.2. The smallest absolute Gasteiger partial charge is 0.213 e. The van der Waals surface area contributed by atoms with Gasteiger partial charge in [0, 0.05) is 29.4 Å². The third kappa shape index (κ3) is 6.19. The first kappa shape index (κ1) is 18.8. The van der Waals surface area contributed by atoms with Crippen molar-refractivity contribution in [3.8, 4) is 11.6 Å². The number of hydrogen-bond donors (Lipinski definition) is 1. The molecule has 0 aliphatic carbocycles. The molecule has 0 aliphatic heterocycles. The van der Waals surface area contributed by atoms with Crippen molar-refractivity contribution in [3.05, 3.63) is 52.1 Å². The number of halogens is 2. The van der Waals surface area contributed by atoms with E-state index in [2.05, 4.69) is 10.3 Å². The summed E-state index contributed by atoms with van der Waals surface area (Å²) in [6.07, 6.45) is 2.63. The number of ether oxygens (including phenoxy) is 2. The van der Waals surface area contributed by atoms with Crippen LogP contribution in [-0.2, 0) is 6.54 Å². The lowest BCUT2D eigenvalue weighted by molar-refractivity contribution is 0.239. The van der Waals surface area contributed by atoms with Crippen LogP contribution in [0.1, 0.15) is 25.8 Å². The Morgan fingerprint density at radius 3 is 2.75 bits per heavy atom. The molecule has 1 N–H and O–H groups in total.